The molecule has 2 N–H and O–H groups in total. The van der Waals surface area contributed by atoms with Crippen LogP contribution in [0.15, 0.2) is 60.2 Å². The fourth-order valence-electron chi connectivity index (χ4n) is 2.33. The summed E-state index contributed by atoms with van der Waals surface area (Å²) in [5, 5.41) is 4.78. The number of nitrogens with zero attached hydrogens (tertiary/aromatic N) is 2. The maximum Gasteiger partial charge on any atom is 0.265 e. The average Bonchev–Trinajstić information content (AvgIpc) is 3.25. The topological polar surface area (TPSA) is 70.7 Å². The van der Waals surface area contributed by atoms with E-state index < -0.39 is 0 Å². The monoisotopic (exact) mass is 320 g/mol. The van der Waals surface area contributed by atoms with Crippen molar-refractivity contribution in [3.8, 4) is 11.4 Å². The van der Waals surface area contributed by atoms with Crippen LogP contribution in [0.2, 0.25) is 0 Å². The number of pyridine rings is 1. The molecule has 0 aliphatic carbocycles. The Labute approximate surface area is 136 Å². The molecule has 0 saturated heterocycles. The number of hydrogen-bond donors (Lipinski definition) is 2. The third-order valence-corrected chi connectivity index (χ3v) is 4.29. The predicted molar refractivity (Wildman–Crippen MR) is 91.6 cm³/mol. The molecule has 0 saturated carbocycles. The Morgan fingerprint density at radius 3 is 2.91 bits per heavy atom. The zero-order chi connectivity index (χ0) is 15.6. The molecule has 0 fully saturated rings. The molecule has 1 amide bonds. The second kappa shape index (κ2) is 5.66. The predicted octanol–water partition coefficient (Wildman–Crippen LogP) is 3.94. The van der Waals surface area contributed by atoms with E-state index in [1.165, 1.54) is 11.3 Å². The van der Waals surface area contributed by atoms with Gasteiger partial charge in [0.2, 0.25) is 0 Å². The molecule has 6 heteroatoms. The first-order chi connectivity index (χ1) is 11.3. The van der Waals surface area contributed by atoms with E-state index >= 15 is 0 Å². The number of nitrogens with one attached hydrogen (secondary N) is 2. The first-order valence-electron chi connectivity index (χ1n) is 7.04. The van der Waals surface area contributed by atoms with Gasteiger partial charge in [0.05, 0.1) is 15.9 Å². The van der Waals surface area contributed by atoms with E-state index in [0.717, 1.165) is 28.1 Å². The molecule has 5 nitrogen and oxygen atoms in total. The van der Waals surface area contributed by atoms with Crippen LogP contribution in [-0.4, -0.2) is 20.9 Å². The summed E-state index contributed by atoms with van der Waals surface area (Å²) in [6.07, 6.45) is 3.49. The highest BCUT2D eigenvalue weighted by Crippen LogP contribution is 2.23. The number of carbonyl (C=O) groups excluding carboxylic acids is 1. The molecule has 112 valence electrons. The van der Waals surface area contributed by atoms with Gasteiger partial charge in [0.15, 0.2) is 0 Å². The highest BCUT2D eigenvalue weighted by Gasteiger charge is 2.09. The maximum absolute atomic E-state index is 12.1. The first-order valence-corrected chi connectivity index (χ1v) is 7.92. The van der Waals surface area contributed by atoms with E-state index in [0.29, 0.717) is 4.88 Å². The molecule has 3 heterocycles. The van der Waals surface area contributed by atoms with Crippen molar-refractivity contribution in [3.63, 3.8) is 0 Å². The fourth-order valence-corrected chi connectivity index (χ4v) is 2.95. The Morgan fingerprint density at radius 1 is 1.17 bits per heavy atom. The van der Waals surface area contributed by atoms with Crippen molar-refractivity contribution in [2.24, 2.45) is 0 Å². The minimum absolute atomic E-state index is 0.105. The van der Waals surface area contributed by atoms with E-state index in [1.54, 1.807) is 18.5 Å². The van der Waals surface area contributed by atoms with Crippen LogP contribution in [0.5, 0.6) is 0 Å². The van der Waals surface area contributed by atoms with Crippen molar-refractivity contribution in [3.05, 3.63) is 65.1 Å². The van der Waals surface area contributed by atoms with E-state index in [-0.39, 0.29) is 5.91 Å². The molecule has 0 radical (unpaired) electrons. The minimum Gasteiger partial charge on any atom is -0.338 e. The summed E-state index contributed by atoms with van der Waals surface area (Å²) in [7, 11) is 0. The van der Waals surface area contributed by atoms with E-state index in [2.05, 4.69) is 20.3 Å². The van der Waals surface area contributed by atoms with Crippen molar-refractivity contribution in [2.45, 2.75) is 0 Å². The number of aromatic nitrogens is 3. The smallest absolute Gasteiger partial charge is 0.265 e. The quantitative estimate of drug-likeness (QED) is 0.600. The van der Waals surface area contributed by atoms with Crippen molar-refractivity contribution < 1.29 is 4.79 Å². The average molecular weight is 320 g/mol. The molecule has 3 aromatic heterocycles. The van der Waals surface area contributed by atoms with Crippen LogP contribution in [0.4, 0.5) is 5.69 Å². The molecule has 0 unspecified atom stereocenters. The number of thiophene rings is 1. The first kappa shape index (κ1) is 13.7. The highest BCUT2D eigenvalue weighted by molar-refractivity contribution is 7.12. The molecule has 0 aliphatic heterocycles. The van der Waals surface area contributed by atoms with Gasteiger partial charge in [0, 0.05) is 23.6 Å². The van der Waals surface area contributed by atoms with Crippen LogP contribution in [0.25, 0.3) is 22.4 Å². The molecule has 0 bridgehead atoms. The summed E-state index contributed by atoms with van der Waals surface area (Å²) in [5.41, 5.74) is 3.37. The maximum atomic E-state index is 12.1. The van der Waals surface area contributed by atoms with Crippen LogP contribution in [0.1, 0.15) is 9.67 Å². The number of aromatic amines is 1. The zero-order valence-corrected chi connectivity index (χ0v) is 12.8. The molecule has 0 aliphatic rings. The van der Waals surface area contributed by atoms with Crippen molar-refractivity contribution in [1.29, 1.82) is 0 Å². The molecule has 23 heavy (non-hydrogen) atoms. The van der Waals surface area contributed by atoms with Crippen LogP contribution in [-0.2, 0) is 0 Å². The van der Waals surface area contributed by atoms with Crippen LogP contribution < -0.4 is 5.32 Å². The van der Waals surface area contributed by atoms with E-state index in [9.17, 15) is 4.79 Å². The Hall–Kier alpha value is -2.99. The van der Waals surface area contributed by atoms with Gasteiger partial charge in [0.25, 0.3) is 5.91 Å². The third-order valence-electron chi connectivity index (χ3n) is 3.42. The van der Waals surface area contributed by atoms with Gasteiger partial charge >= 0.3 is 0 Å². The van der Waals surface area contributed by atoms with Gasteiger partial charge in [-0.15, -0.1) is 11.3 Å². The van der Waals surface area contributed by atoms with Gasteiger partial charge in [-0.2, -0.15) is 0 Å². The number of benzene rings is 1. The van der Waals surface area contributed by atoms with Crippen LogP contribution >= 0.6 is 11.3 Å². The lowest BCUT2D eigenvalue weighted by Gasteiger charge is -2.03. The third kappa shape index (κ3) is 2.72. The van der Waals surface area contributed by atoms with Gasteiger partial charge in [-0.1, -0.05) is 6.07 Å². The van der Waals surface area contributed by atoms with Gasteiger partial charge in [-0.3, -0.25) is 9.78 Å². The molecular formula is C17H12N4OS. The van der Waals surface area contributed by atoms with Crippen molar-refractivity contribution in [2.75, 3.05) is 5.32 Å². The molecular weight excluding hydrogens is 308 g/mol. The summed E-state index contributed by atoms with van der Waals surface area (Å²) in [6.45, 7) is 0. The molecule has 4 rings (SSSR count). The van der Waals surface area contributed by atoms with Gasteiger partial charge in [0.1, 0.15) is 5.82 Å². The SMILES string of the molecule is O=C(Nc1ccc2nc(-c3cccnc3)[nH]c2c1)c1cccs1. The summed E-state index contributed by atoms with van der Waals surface area (Å²) < 4.78 is 0. The lowest BCUT2D eigenvalue weighted by Crippen LogP contribution is -2.09. The second-order valence-corrected chi connectivity index (χ2v) is 5.94. The number of rotatable bonds is 3. The minimum atomic E-state index is -0.105. The summed E-state index contributed by atoms with van der Waals surface area (Å²) in [4.78, 5) is 24.7. The number of anilines is 1. The van der Waals surface area contributed by atoms with Crippen molar-refractivity contribution in [1.82, 2.24) is 15.0 Å². The van der Waals surface area contributed by atoms with Crippen molar-refractivity contribution >= 4 is 34.0 Å². The molecule has 0 atom stereocenters. The highest BCUT2D eigenvalue weighted by atomic mass is 32.1. The Kier molecular flexibility index (Phi) is 3.36. The standard InChI is InChI=1S/C17H12N4OS/c22-17(15-4-2-8-23-15)19-12-5-6-13-14(9-12)21-16(20-13)11-3-1-7-18-10-11/h1-10H,(H,19,22)(H,20,21). The second-order valence-electron chi connectivity index (χ2n) is 4.99. The van der Waals surface area contributed by atoms with E-state index in [4.69, 9.17) is 0 Å². The van der Waals surface area contributed by atoms with Gasteiger partial charge in [-0.25, -0.2) is 4.98 Å². The summed E-state index contributed by atoms with van der Waals surface area (Å²) in [6, 6.07) is 13.1. The summed E-state index contributed by atoms with van der Waals surface area (Å²) in [5.74, 6) is 0.654. The number of fused-ring (bicyclic) bond motifs is 1. The number of H-pyrrole nitrogens is 1. The zero-order valence-electron chi connectivity index (χ0n) is 12.0. The molecule has 4 aromatic rings. The molecule has 1 aromatic carbocycles. The molecule has 0 spiro atoms. The van der Waals surface area contributed by atoms with Gasteiger partial charge < -0.3 is 10.3 Å². The van der Waals surface area contributed by atoms with Crippen LogP contribution in [0.3, 0.4) is 0 Å². The Balaban J connectivity index is 1.64. The lowest BCUT2D eigenvalue weighted by atomic mass is 10.2. The largest absolute Gasteiger partial charge is 0.338 e. The van der Waals surface area contributed by atoms with Gasteiger partial charge in [-0.05, 0) is 41.8 Å². The number of hydrogen-bond acceptors (Lipinski definition) is 4. The summed E-state index contributed by atoms with van der Waals surface area (Å²) >= 11 is 1.42. The normalized spacial score (nSPS) is 10.8. The lowest BCUT2D eigenvalue weighted by molar-refractivity contribution is 0.103. The van der Waals surface area contributed by atoms with E-state index in [1.807, 2.05) is 41.8 Å². The van der Waals surface area contributed by atoms with Crippen LogP contribution in [0, 0.1) is 0 Å². The fraction of sp³-hybridized carbons (Fsp3) is 0. The number of imidazole rings is 1. The number of carbonyl (C=O) groups is 1. The Bertz CT molecular complexity index is 961. The Morgan fingerprint density at radius 2 is 2.13 bits per heavy atom. The number of amides is 1.